The van der Waals surface area contributed by atoms with Gasteiger partial charge in [-0.2, -0.15) is 5.10 Å². The highest BCUT2D eigenvalue weighted by Crippen LogP contribution is 2.27. The van der Waals surface area contributed by atoms with E-state index in [2.05, 4.69) is 33.8 Å². The molecule has 0 radical (unpaired) electrons. The molecule has 1 saturated heterocycles. The molecule has 0 unspecified atom stereocenters. The standard InChI is InChI=1S/C19H28N4O2S/c1-15-9-11-23(12-10-15)18(17-7-5-4-6-8-17)13-21-26(24,25)19-14-20-22(3)16(19)2/h4-8,14-15,18,21H,9-13H2,1-3H3/t18-/m0/s1. The summed E-state index contributed by atoms with van der Waals surface area (Å²) in [6.45, 7) is 6.39. The molecule has 7 heteroatoms. The van der Waals surface area contributed by atoms with Gasteiger partial charge < -0.3 is 0 Å². The lowest BCUT2D eigenvalue weighted by Gasteiger charge is -2.37. The van der Waals surface area contributed by atoms with Gasteiger partial charge >= 0.3 is 0 Å². The topological polar surface area (TPSA) is 67.2 Å². The Kier molecular flexibility index (Phi) is 5.79. The number of nitrogens with one attached hydrogen (secondary N) is 1. The van der Waals surface area contributed by atoms with Gasteiger partial charge in [-0.1, -0.05) is 37.3 Å². The number of hydrogen-bond donors (Lipinski definition) is 1. The molecule has 1 N–H and O–H groups in total. The second-order valence-electron chi connectivity index (χ2n) is 7.21. The molecular formula is C19H28N4O2S. The first-order valence-corrected chi connectivity index (χ1v) is 10.6. The first kappa shape index (κ1) is 19.1. The fraction of sp³-hybridized carbons (Fsp3) is 0.526. The molecule has 0 saturated carbocycles. The minimum absolute atomic E-state index is 0.0375. The maximum atomic E-state index is 12.8. The SMILES string of the molecule is Cc1c(S(=O)(=O)NC[C@@H](c2ccccc2)N2CCC(C)CC2)cnn1C. The second kappa shape index (κ2) is 7.90. The molecule has 142 valence electrons. The van der Waals surface area contributed by atoms with Crippen LogP contribution in [0.4, 0.5) is 0 Å². The molecule has 1 aliphatic heterocycles. The summed E-state index contributed by atoms with van der Waals surface area (Å²) in [5.74, 6) is 0.734. The van der Waals surface area contributed by atoms with Crippen LogP contribution in [0.1, 0.15) is 37.1 Å². The lowest BCUT2D eigenvalue weighted by molar-refractivity contribution is 0.139. The van der Waals surface area contributed by atoms with Crippen LogP contribution in [0.5, 0.6) is 0 Å². The molecular weight excluding hydrogens is 348 g/mol. The van der Waals surface area contributed by atoms with Gasteiger partial charge in [0.15, 0.2) is 0 Å². The zero-order valence-electron chi connectivity index (χ0n) is 15.7. The van der Waals surface area contributed by atoms with Crippen molar-refractivity contribution < 1.29 is 8.42 Å². The third-order valence-electron chi connectivity index (χ3n) is 5.39. The Morgan fingerprint density at radius 3 is 2.46 bits per heavy atom. The Balaban J connectivity index is 1.79. The number of nitrogens with zero attached hydrogens (tertiary/aromatic N) is 3. The van der Waals surface area contributed by atoms with Crippen molar-refractivity contribution in [2.24, 2.45) is 13.0 Å². The first-order valence-electron chi connectivity index (χ1n) is 9.15. The predicted octanol–water partition coefficient (Wildman–Crippen LogP) is 2.48. The number of aromatic nitrogens is 2. The summed E-state index contributed by atoms with van der Waals surface area (Å²) in [5, 5.41) is 4.05. The molecule has 6 nitrogen and oxygen atoms in total. The minimum Gasteiger partial charge on any atom is -0.295 e. The van der Waals surface area contributed by atoms with Crippen LogP contribution < -0.4 is 4.72 Å². The summed E-state index contributed by atoms with van der Waals surface area (Å²) in [4.78, 5) is 2.65. The average Bonchev–Trinajstić information content (AvgIpc) is 2.97. The summed E-state index contributed by atoms with van der Waals surface area (Å²) < 4.78 is 29.9. The first-order chi connectivity index (χ1) is 12.4. The summed E-state index contributed by atoms with van der Waals surface area (Å²) in [5.41, 5.74) is 1.79. The van der Waals surface area contributed by atoms with E-state index >= 15 is 0 Å². The Hall–Kier alpha value is -1.70. The smallest absolute Gasteiger partial charge is 0.244 e. The van der Waals surface area contributed by atoms with Gasteiger partial charge in [-0.25, -0.2) is 13.1 Å². The summed E-state index contributed by atoms with van der Waals surface area (Å²) >= 11 is 0. The van der Waals surface area contributed by atoms with Crippen LogP contribution >= 0.6 is 0 Å². The van der Waals surface area contributed by atoms with Crippen molar-refractivity contribution in [2.75, 3.05) is 19.6 Å². The van der Waals surface area contributed by atoms with E-state index in [9.17, 15) is 8.42 Å². The van der Waals surface area contributed by atoms with Crippen molar-refractivity contribution in [3.8, 4) is 0 Å². The molecule has 1 aromatic carbocycles. The number of rotatable bonds is 6. The monoisotopic (exact) mass is 376 g/mol. The molecule has 3 rings (SSSR count). The van der Waals surface area contributed by atoms with Crippen LogP contribution in [-0.2, 0) is 17.1 Å². The molecule has 1 fully saturated rings. The lowest BCUT2D eigenvalue weighted by atomic mass is 9.96. The van der Waals surface area contributed by atoms with Crippen molar-refractivity contribution in [2.45, 2.75) is 37.6 Å². The van der Waals surface area contributed by atoms with Crippen LogP contribution in [0.15, 0.2) is 41.4 Å². The Morgan fingerprint density at radius 1 is 1.23 bits per heavy atom. The van der Waals surface area contributed by atoms with E-state index in [4.69, 9.17) is 0 Å². The zero-order chi connectivity index (χ0) is 18.7. The predicted molar refractivity (Wildman–Crippen MR) is 102 cm³/mol. The highest BCUT2D eigenvalue weighted by molar-refractivity contribution is 7.89. The number of aryl methyl sites for hydroxylation is 1. The van der Waals surface area contributed by atoms with E-state index in [1.54, 1.807) is 18.7 Å². The molecule has 0 aliphatic carbocycles. The number of hydrogen-bond acceptors (Lipinski definition) is 4. The zero-order valence-corrected chi connectivity index (χ0v) is 16.5. The molecule has 26 heavy (non-hydrogen) atoms. The molecule has 0 amide bonds. The fourth-order valence-corrected chi connectivity index (χ4v) is 4.72. The molecule has 2 aromatic rings. The van der Waals surface area contributed by atoms with E-state index in [0.29, 0.717) is 12.2 Å². The highest BCUT2D eigenvalue weighted by Gasteiger charge is 2.27. The van der Waals surface area contributed by atoms with Gasteiger partial charge in [0.25, 0.3) is 0 Å². The molecule has 0 spiro atoms. The lowest BCUT2D eigenvalue weighted by Crippen LogP contribution is -2.42. The maximum absolute atomic E-state index is 12.8. The summed E-state index contributed by atoms with van der Waals surface area (Å²) in [6, 6.07) is 10.2. The van der Waals surface area contributed by atoms with Gasteiger partial charge in [0.2, 0.25) is 10.0 Å². The number of sulfonamides is 1. The number of piperidine rings is 1. The molecule has 2 heterocycles. The molecule has 1 aliphatic rings. The van der Waals surface area contributed by atoms with Gasteiger partial charge in [0.05, 0.1) is 11.9 Å². The average molecular weight is 377 g/mol. The van der Waals surface area contributed by atoms with E-state index in [0.717, 1.165) is 37.4 Å². The summed E-state index contributed by atoms with van der Waals surface area (Å²) in [6.07, 6.45) is 3.72. The van der Waals surface area contributed by atoms with Crippen LogP contribution in [0, 0.1) is 12.8 Å². The van der Waals surface area contributed by atoms with Crippen LogP contribution in [-0.4, -0.2) is 42.7 Å². The van der Waals surface area contributed by atoms with E-state index < -0.39 is 10.0 Å². The Morgan fingerprint density at radius 2 is 1.88 bits per heavy atom. The highest BCUT2D eigenvalue weighted by atomic mass is 32.2. The van der Waals surface area contributed by atoms with Gasteiger partial charge in [-0.3, -0.25) is 9.58 Å². The van der Waals surface area contributed by atoms with Crippen molar-refractivity contribution in [3.05, 3.63) is 47.8 Å². The van der Waals surface area contributed by atoms with E-state index in [1.807, 2.05) is 18.2 Å². The van der Waals surface area contributed by atoms with Crippen molar-refractivity contribution in [1.82, 2.24) is 19.4 Å². The van der Waals surface area contributed by atoms with Gasteiger partial charge in [-0.15, -0.1) is 0 Å². The van der Waals surface area contributed by atoms with Crippen LogP contribution in [0.3, 0.4) is 0 Å². The molecule has 1 aromatic heterocycles. The van der Waals surface area contributed by atoms with Crippen LogP contribution in [0.25, 0.3) is 0 Å². The van der Waals surface area contributed by atoms with Gasteiger partial charge in [-0.05, 0) is 44.3 Å². The van der Waals surface area contributed by atoms with Crippen molar-refractivity contribution >= 4 is 10.0 Å². The summed E-state index contributed by atoms with van der Waals surface area (Å²) in [7, 11) is -1.84. The third kappa shape index (κ3) is 4.16. The maximum Gasteiger partial charge on any atom is 0.244 e. The second-order valence-corrected chi connectivity index (χ2v) is 8.95. The van der Waals surface area contributed by atoms with E-state index in [1.165, 1.54) is 6.20 Å². The van der Waals surface area contributed by atoms with E-state index in [-0.39, 0.29) is 10.9 Å². The van der Waals surface area contributed by atoms with Gasteiger partial charge in [0, 0.05) is 19.6 Å². The number of benzene rings is 1. The normalized spacial score (nSPS) is 18.1. The number of likely N-dealkylation sites (tertiary alicyclic amines) is 1. The molecule has 1 atom stereocenters. The van der Waals surface area contributed by atoms with Crippen LogP contribution in [0.2, 0.25) is 0 Å². The Bertz CT molecular complexity index is 824. The van der Waals surface area contributed by atoms with Crippen molar-refractivity contribution in [1.29, 1.82) is 0 Å². The fourth-order valence-electron chi connectivity index (χ4n) is 3.48. The largest absolute Gasteiger partial charge is 0.295 e. The van der Waals surface area contributed by atoms with Crippen molar-refractivity contribution in [3.63, 3.8) is 0 Å². The Labute approximate surface area is 156 Å². The quantitative estimate of drug-likeness (QED) is 0.841. The van der Waals surface area contributed by atoms with Gasteiger partial charge in [0.1, 0.15) is 4.90 Å². The molecule has 0 bridgehead atoms. The third-order valence-corrected chi connectivity index (χ3v) is 6.92. The minimum atomic E-state index is -3.58.